The van der Waals surface area contributed by atoms with Gasteiger partial charge in [-0.15, -0.1) is 0 Å². The molecule has 0 aromatic rings. The zero-order chi connectivity index (χ0) is 14.0. The van der Waals surface area contributed by atoms with Gasteiger partial charge in [0.25, 0.3) is 0 Å². The Hall–Kier alpha value is -0.860. The van der Waals surface area contributed by atoms with Gasteiger partial charge in [-0.1, -0.05) is 29.9 Å². The van der Waals surface area contributed by atoms with Crippen LogP contribution in [0.1, 0.15) is 46.5 Å². The van der Waals surface area contributed by atoms with Crippen LogP contribution in [0.3, 0.4) is 0 Å². The molecule has 0 saturated carbocycles. The van der Waals surface area contributed by atoms with Gasteiger partial charge >= 0.3 is 0 Å². The van der Waals surface area contributed by atoms with Crippen molar-refractivity contribution in [3.05, 3.63) is 35.5 Å². The molecular formula is C16H28O2. The van der Waals surface area contributed by atoms with Crippen molar-refractivity contribution in [2.45, 2.75) is 52.7 Å². The topological polar surface area (TPSA) is 18.5 Å². The lowest BCUT2D eigenvalue weighted by molar-refractivity contribution is -0.0762. The Morgan fingerprint density at radius 2 is 1.56 bits per heavy atom. The highest BCUT2D eigenvalue weighted by Crippen LogP contribution is 2.14. The summed E-state index contributed by atoms with van der Waals surface area (Å²) in [6.45, 7) is 10.5. The Labute approximate surface area is 112 Å². The number of hydrogen-bond donors (Lipinski definition) is 0. The van der Waals surface area contributed by atoms with Crippen LogP contribution < -0.4 is 0 Å². The highest BCUT2D eigenvalue weighted by Gasteiger charge is 2.08. The summed E-state index contributed by atoms with van der Waals surface area (Å²) in [7, 11) is 3.28. The van der Waals surface area contributed by atoms with Gasteiger partial charge in [0.05, 0.1) is 0 Å². The summed E-state index contributed by atoms with van der Waals surface area (Å²) in [4.78, 5) is 0. The number of rotatable bonds is 9. The largest absolute Gasteiger partial charge is 0.352 e. The van der Waals surface area contributed by atoms with Crippen molar-refractivity contribution in [2.24, 2.45) is 0 Å². The Kier molecular flexibility index (Phi) is 9.62. The Bertz CT molecular complexity index is 292. The van der Waals surface area contributed by atoms with Crippen LogP contribution in [0.4, 0.5) is 0 Å². The van der Waals surface area contributed by atoms with Crippen molar-refractivity contribution in [3.8, 4) is 0 Å². The van der Waals surface area contributed by atoms with E-state index in [1.165, 1.54) is 11.1 Å². The van der Waals surface area contributed by atoms with E-state index in [0.29, 0.717) is 0 Å². The van der Waals surface area contributed by atoms with Crippen LogP contribution in [0.5, 0.6) is 0 Å². The second kappa shape index (κ2) is 10.1. The van der Waals surface area contributed by atoms with Gasteiger partial charge in [-0.3, -0.25) is 0 Å². The summed E-state index contributed by atoms with van der Waals surface area (Å²) in [5.74, 6) is 0. The fourth-order valence-corrected chi connectivity index (χ4v) is 1.74. The molecular weight excluding hydrogens is 224 g/mol. The lowest BCUT2D eigenvalue weighted by Gasteiger charge is -2.15. The molecule has 0 aliphatic rings. The molecule has 0 aliphatic heterocycles. The van der Waals surface area contributed by atoms with Crippen molar-refractivity contribution in [1.82, 2.24) is 0 Å². The van der Waals surface area contributed by atoms with Crippen LogP contribution in [0.25, 0.3) is 0 Å². The maximum Gasteiger partial charge on any atom is 0.178 e. The van der Waals surface area contributed by atoms with Crippen molar-refractivity contribution < 1.29 is 9.47 Å². The zero-order valence-electron chi connectivity index (χ0n) is 12.6. The summed E-state index contributed by atoms with van der Waals surface area (Å²) in [5.41, 5.74) is 3.82. The molecule has 2 heteroatoms. The van der Waals surface area contributed by atoms with Crippen LogP contribution in [0.15, 0.2) is 35.5 Å². The van der Waals surface area contributed by atoms with E-state index in [4.69, 9.17) is 9.47 Å². The maximum absolute atomic E-state index is 5.16. The van der Waals surface area contributed by atoms with Crippen LogP contribution >= 0.6 is 0 Å². The quantitative estimate of drug-likeness (QED) is 0.440. The highest BCUT2D eigenvalue weighted by molar-refractivity contribution is 5.05. The molecule has 0 rings (SSSR count). The molecule has 2 nitrogen and oxygen atoms in total. The van der Waals surface area contributed by atoms with Crippen LogP contribution in [0, 0.1) is 0 Å². The lowest BCUT2D eigenvalue weighted by Crippen LogP contribution is -2.15. The van der Waals surface area contributed by atoms with Gasteiger partial charge in [-0.25, -0.2) is 0 Å². The molecule has 0 atom stereocenters. The summed E-state index contributed by atoms with van der Waals surface area (Å²) in [6.07, 6.45) is 8.47. The van der Waals surface area contributed by atoms with Crippen molar-refractivity contribution in [1.29, 1.82) is 0 Å². The van der Waals surface area contributed by atoms with Crippen LogP contribution in [-0.4, -0.2) is 20.5 Å². The zero-order valence-corrected chi connectivity index (χ0v) is 12.6. The summed E-state index contributed by atoms with van der Waals surface area (Å²) >= 11 is 0. The summed E-state index contributed by atoms with van der Waals surface area (Å²) < 4.78 is 10.3. The minimum Gasteiger partial charge on any atom is -0.352 e. The molecule has 0 N–H and O–H groups in total. The van der Waals surface area contributed by atoms with Gasteiger partial charge in [0.15, 0.2) is 6.29 Å². The third-order valence-corrected chi connectivity index (χ3v) is 2.81. The summed E-state index contributed by atoms with van der Waals surface area (Å²) in [5, 5.41) is 0. The standard InChI is InChI=1S/C16H28O2/c1-13(2)9-7-10-14(3)11-8-12-15(4)16(17-5)18-6/h9,11,16H,4,7-8,10,12H2,1-3,5-6H3/b14-11+. The predicted octanol–water partition coefficient (Wildman–Crippen LogP) is 4.63. The smallest absolute Gasteiger partial charge is 0.178 e. The molecule has 0 aromatic heterocycles. The highest BCUT2D eigenvalue weighted by atomic mass is 16.7. The maximum atomic E-state index is 5.16. The number of hydrogen-bond acceptors (Lipinski definition) is 2. The molecule has 0 unspecified atom stereocenters. The molecule has 0 spiro atoms. The first-order chi connectivity index (χ1) is 8.51. The van der Waals surface area contributed by atoms with E-state index in [9.17, 15) is 0 Å². The van der Waals surface area contributed by atoms with Crippen LogP contribution in [-0.2, 0) is 9.47 Å². The van der Waals surface area contributed by atoms with Gasteiger partial charge in [0.2, 0.25) is 0 Å². The van der Waals surface area contributed by atoms with E-state index in [-0.39, 0.29) is 6.29 Å². The van der Waals surface area contributed by atoms with Gasteiger partial charge in [0.1, 0.15) is 0 Å². The molecule has 0 saturated heterocycles. The molecule has 0 amide bonds. The minimum absolute atomic E-state index is 0.274. The molecule has 0 heterocycles. The molecule has 18 heavy (non-hydrogen) atoms. The molecule has 0 aliphatic carbocycles. The van der Waals surface area contributed by atoms with Crippen LogP contribution in [0.2, 0.25) is 0 Å². The summed E-state index contributed by atoms with van der Waals surface area (Å²) in [6, 6.07) is 0. The second-order valence-electron chi connectivity index (χ2n) is 4.87. The Balaban J connectivity index is 3.93. The average molecular weight is 252 g/mol. The van der Waals surface area contributed by atoms with E-state index >= 15 is 0 Å². The number of methoxy groups -OCH3 is 2. The van der Waals surface area contributed by atoms with E-state index in [2.05, 4.69) is 39.5 Å². The molecule has 0 bridgehead atoms. The molecule has 0 fully saturated rings. The average Bonchev–Trinajstić information content (AvgIpc) is 2.30. The van der Waals surface area contributed by atoms with E-state index < -0.39 is 0 Å². The fourth-order valence-electron chi connectivity index (χ4n) is 1.74. The third-order valence-electron chi connectivity index (χ3n) is 2.81. The first-order valence-corrected chi connectivity index (χ1v) is 6.53. The van der Waals surface area contributed by atoms with Gasteiger partial charge < -0.3 is 9.47 Å². The molecule has 0 aromatic carbocycles. The minimum atomic E-state index is -0.274. The van der Waals surface area contributed by atoms with E-state index in [0.717, 1.165) is 31.3 Å². The van der Waals surface area contributed by atoms with E-state index in [1.54, 1.807) is 14.2 Å². The third kappa shape index (κ3) is 8.26. The fraction of sp³-hybridized carbons (Fsp3) is 0.625. The Morgan fingerprint density at radius 1 is 1.00 bits per heavy atom. The predicted molar refractivity (Wildman–Crippen MR) is 78.6 cm³/mol. The number of ether oxygens (including phenoxy) is 2. The van der Waals surface area contributed by atoms with Gasteiger partial charge in [0, 0.05) is 14.2 Å². The lowest BCUT2D eigenvalue weighted by atomic mass is 10.1. The van der Waals surface area contributed by atoms with Crippen molar-refractivity contribution in [2.75, 3.05) is 14.2 Å². The monoisotopic (exact) mass is 252 g/mol. The first kappa shape index (κ1) is 17.1. The molecule has 0 radical (unpaired) electrons. The van der Waals surface area contributed by atoms with E-state index in [1.807, 2.05) is 0 Å². The van der Waals surface area contributed by atoms with Gasteiger partial charge in [-0.2, -0.15) is 0 Å². The normalized spacial score (nSPS) is 11.8. The van der Waals surface area contributed by atoms with Crippen molar-refractivity contribution >= 4 is 0 Å². The van der Waals surface area contributed by atoms with Crippen molar-refractivity contribution in [3.63, 3.8) is 0 Å². The SMILES string of the molecule is C=C(CC/C=C(\C)CCC=C(C)C)C(OC)OC. The van der Waals surface area contributed by atoms with Gasteiger partial charge in [-0.05, 0) is 52.0 Å². The number of allylic oxidation sites excluding steroid dienone is 4. The second-order valence-corrected chi connectivity index (χ2v) is 4.87. The first-order valence-electron chi connectivity index (χ1n) is 6.53. The Morgan fingerprint density at radius 3 is 2.06 bits per heavy atom. The molecule has 104 valence electrons.